The van der Waals surface area contributed by atoms with Gasteiger partial charge in [0, 0.05) is 34.4 Å². The molecular weight excluding hydrogens is 286 g/mol. The minimum atomic E-state index is -0.387. The van der Waals surface area contributed by atoms with Crippen LogP contribution in [0.25, 0.3) is 0 Å². The van der Waals surface area contributed by atoms with Gasteiger partial charge in [-0.25, -0.2) is 0 Å². The van der Waals surface area contributed by atoms with Crippen molar-refractivity contribution in [2.75, 3.05) is 11.9 Å². The summed E-state index contributed by atoms with van der Waals surface area (Å²) >= 11 is 3.31. The number of aryl methyl sites for hydroxylation is 1. The molecule has 0 heterocycles. The van der Waals surface area contributed by atoms with Gasteiger partial charge in [-0.2, -0.15) is 0 Å². The molecule has 0 saturated carbocycles. The second kappa shape index (κ2) is 5.97. The normalized spacial score (nSPS) is 12.2. The number of anilines is 1. The van der Waals surface area contributed by atoms with Crippen LogP contribution in [0.4, 0.5) is 11.4 Å². The maximum absolute atomic E-state index is 10.7. The highest BCUT2D eigenvalue weighted by molar-refractivity contribution is 9.10. The molecule has 0 spiro atoms. The standard InChI is InChI=1S/C11H16BrN3O2/c1-3-8(13)6-14-10-4-7(2)11(15(16)17)5-9(10)12/h4-5,8,14H,3,6,13H2,1-2H3. The van der Waals surface area contributed by atoms with Crippen molar-refractivity contribution in [3.8, 4) is 0 Å². The Balaban J connectivity index is 2.88. The molecule has 1 unspecified atom stereocenters. The molecule has 1 atom stereocenters. The van der Waals surface area contributed by atoms with E-state index < -0.39 is 0 Å². The zero-order chi connectivity index (χ0) is 13.0. The molecule has 3 N–H and O–H groups in total. The van der Waals surface area contributed by atoms with E-state index in [0.29, 0.717) is 16.6 Å². The molecule has 0 aliphatic rings. The zero-order valence-electron chi connectivity index (χ0n) is 9.87. The molecule has 0 bridgehead atoms. The maximum Gasteiger partial charge on any atom is 0.273 e. The van der Waals surface area contributed by atoms with Crippen molar-refractivity contribution in [2.45, 2.75) is 26.3 Å². The van der Waals surface area contributed by atoms with Gasteiger partial charge < -0.3 is 11.1 Å². The summed E-state index contributed by atoms with van der Waals surface area (Å²) in [5, 5.41) is 13.9. The Morgan fingerprint density at radius 3 is 2.76 bits per heavy atom. The zero-order valence-corrected chi connectivity index (χ0v) is 11.5. The quantitative estimate of drug-likeness (QED) is 0.647. The monoisotopic (exact) mass is 301 g/mol. The summed E-state index contributed by atoms with van der Waals surface area (Å²) < 4.78 is 0.679. The highest BCUT2D eigenvalue weighted by atomic mass is 79.9. The number of nitrogens with one attached hydrogen (secondary N) is 1. The summed E-state index contributed by atoms with van der Waals surface area (Å²) in [4.78, 5) is 10.4. The van der Waals surface area contributed by atoms with Gasteiger partial charge in [-0.3, -0.25) is 10.1 Å². The predicted molar refractivity (Wildman–Crippen MR) is 72.3 cm³/mol. The lowest BCUT2D eigenvalue weighted by molar-refractivity contribution is -0.385. The van der Waals surface area contributed by atoms with Gasteiger partial charge in [-0.1, -0.05) is 6.92 Å². The number of nitro groups is 1. The number of rotatable bonds is 5. The lowest BCUT2D eigenvalue weighted by Gasteiger charge is -2.13. The molecule has 1 rings (SSSR count). The fraction of sp³-hybridized carbons (Fsp3) is 0.455. The van der Waals surface area contributed by atoms with E-state index >= 15 is 0 Å². The van der Waals surface area contributed by atoms with Gasteiger partial charge in [0.25, 0.3) is 5.69 Å². The highest BCUT2D eigenvalue weighted by Crippen LogP contribution is 2.30. The summed E-state index contributed by atoms with van der Waals surface area (Å²) in [7, 11) is 0. The van der Waals surface area contributed by atoms with Gasteiger partial charge in [0.2, 0.25) is 0 Å². The van der Waals surface area contributed by atoms with Crippen molar-refractivity contribution >= 4 is 27.3 Å². The van der Waals surface area contributed by atoms with Gasteiger partial charge >= 0.3 is 0 Å². The largest absolute Gasteiger partial charge is 0.383 e. The van der Waals surface area contributed by atoms with Crippen molar-refractivity contribution in [2.24, 2.45) is 5.73 Å². The van der Waals surface area contributed by atoms with Crippen LogP contribution in [0, 0.1) is 17.0 Å². The number of hydrogen-bond donors (Lipinski definition) is 2. The predicted octanol–water partition coefficient (Wildman–Crippen LogP) is 2.81. The van der Waals surface area contributed by atoms with Crippen LogP contribution in [0.2, 0.25) is 0 Å². The van der Waals surface area contributed by atoms with Crippen LogP contribution in [-0.4, -0.2) is 17.5 Å². The third-order valence-corrected chi connectivity index (χ3v) is 3.22. The van der Waals surface area contributed by atoms with E-state index in [2.05, 4.69) is 21.2 Å². The molecule has 1 aromatic carbocycles. The van der Waals surface area contributed by atoms with E-state index in [-0.39, 0.29) is 16.7 Å². The molecule has 0 fully saturated rings. The van der Waals surface area contributed by atoms with Crippen LogP contribution < -0.4 is 11.1 Å². The second-order valence-corrected chi connectivity index (χ2v) is 4.78. The molecule has 6 heteroatoms. The molecule has 94 valence electrons. The Labute approximate surface area is 109 Å². The Hall–Kier alpha value is -1.14. The van der Waals surface area contributed by atoms with Crippen molar-refractivity contribution in [1.82, 2.24) is 0 Å². The summed E-state index contributed by atoms with van der Waals surface area (Å²) in [5.41, 5.74) is 7.38. The number of nitrogens with two attached hydrogens (primary N) is 1. The van der Waals surface area contributed by atoms with Crippen LogP contribution >= 0.6 is 15.9 Å². The topological polar surface area (TPSA) is 81.2 Å². The first-order valence-corrected chi connectivity index (χ1v) is 6.19. The van der Waals surface area contributed by atoms with Crippen LogP contribution in [0.3, 0.4) is 0 Å². The van der Waals surface area contributed by atoms with Crippen molar-refractivity contribution in [3.63, 3.8) is 0 Å². The number of nitrogens with zero attached hydrogens (tertiary/aromatic N) is 1. The summed E-state index contributed by atoms with van der Waals surface area (Å²) in [6.07, 6.45) is 0.885. The molecule has 5 nitrogen and oxygen atoms in total. The average molecular weight is 302 g/mol. The molecule has 0 amide bonds. The molecule has 0 aliphatic carbocycles. The maximum atomic E-state index is 10.7. The van der Waals surface area contributed by atoms with E-state index in [0.717, 1.165) is 12.1 Å². The third kappa shape index (κ3) is 3.67. The van der Waals surface area contributed by atoms with E-state index in [9.17, 15) is 10.1 Å². The average Bonchev–Trinajstić information content (AvgIpc) is 2.28. The molecule has 0 radical (unpaired) electrons. The van der Waals surface area contributed by atoms with Crippen LogP contribution in [0.15, 0.2) is 16.6 Å². The summed E-state index contributed by atoms with van der Waals surface area (Å²) in [6.45, 7) is 4.38. The number of halogens is 1. The van der Waals surface area contributed by atoms with Gasteiger partial charge in [-0.05, 0) is 35.3 Å². The highest BCUT2D eigenvalue weighted by Gasteiger charge is 2.14. The summed E-state index contributed by atoms with van der Waals surface area (Å²) in [5.74, 6) is 0. The Bertz CT molecular complexity index is 423. The minimum Gasteiger partial charge on any atom is -0.383 e. The molecule has 1 aromatic rings. The van der Waals surface area contributed by atoms with Crippen LogP contribution in [0.1, 0.15) is 18.9 Å². The molecule has 0 aliphatic heterocycles. The minimum absolute atomic E-state index is 0.0809. The fourth-order valence-electron chi connectivity index (χ4n) is 1.39. The number of benzene rings is 1. The molecule has 17 heavy (non-hydrogen) atoms. The second-order valence-electron chi connectivity index (χ2n) is 3.92. The van der Waals surface area contributed by atoms with Gasteiger partial charge in [0.15, 0.2) is 0 Å². The Morgan fingerprint density at radius 2 is 2.24 bits per heavy atom. The van der Waals surface area contributed by atoms with Gasteiger partial charge in [0.1, 0.15) is 0 Å². The molecule has 0 saturated heterocycles. The summed E-state index contributed by atoms with van der Waals surface area (Å²) in [6, 6.07) is 3.34. The smallest absolute Gasteiger partial charge is 0.273 e. The van der Waals surface area contributed by atoms with Crippen molar-refractivity contribution < 1.29 is 4.92 Å². The van der Waals surface area contributed by atoms with Gasteiger partial charge in [-0.15, -0.1) is 0 Å². The fourth-order valence-corrected chi connectivity index (χ4v) is 1.86. The third-order valence-electron chi connectivity index (χ3n) is 2.56. The van der Waals surface area contributed by atoms with E-state index in [4.69, 9.17) is 5.73 Å². The first-order valence-electron chi connectivity index (χ1n) is 5.39. The molecule has 0 aromatic heterocycles. The van der Waals surface area contributed by atoms with E-state index in [1.807, 2.05) is 6.92 Å². The SMILES string of the molecule is CCC(N)CNc1cc(C)c([N+](=O)[O-])cc1Br. The van der Waals surface area contributed by atoms with E-state index in [1.165, 1.54) is 6.07 Å². The van der Waals surface area contributed by atoms with E-state index in [1.54, 1.807) is 13.0 Å². The lowest BCUT2D eigenvalue weighted by atomic mass is 10.1. The van der Waals surface area contributed by atoms with Crippen molar-refractivity contribution in [3.05, 3.63) is 32.3 Å². The van der Waals surface area contributed by atoms with Crippen molar-refractivity contribution in [1.29, 1.82) is 0 Å². The number of nitro benzene ring substituents is 1. The van der Waals surface area contributed by atoms with Crippen LogP contribution in [0.5, 0.6) is 0 Å². The first-order chi connectivity index (χ1) is 7.95. The lowest BCUT2D eigenvalue weighted by Crippen LogP contribution is -2.28. The Morgan fingerprint density at radius 1 is 1.59 bits per heavy atom. The number of hydrogen-bond acceptors (Lipinski definition) is 4. The Kier molecular flexibility index (Phi) is 4.89. The molecular formula is C11H16BrN3O2. The first kappa shape index (κ1) is 13.9. The van der Waals surface area contributed by atoms with Crippen LogP contribution in [-0.2, 0) is 0 Å². The van der Waals surface area contributed by atoms with Gasteiger partial charge in [0.05, 0.1) is 4.92 Å².